The van der Waals surface area contributed by atoms with Crippen LogP contribution in [0.3, 0.4) is 0 Å². The van der Waals surface area contributed by atoms with Gasteiger partial charge in [-0.05, 0) is 50.6 Å². The van der Waals surface area contributed by atoms with E-state index < -0.39 is 8.32 Å². The molecule has 0 aromatic heterocycles. The van der Waals surface area contributed by atoms with Crippen molar-refractivity contribution < 1.29 is 4.43 Å². The van der Waals surface area contributed by atoms with Crippen LogP contribution in [0, 0.1) is 0 Å². The van der Waals surface area contributed by atoms with Crippen LogP contribution in [0.5, 0.6) is 0 Å². The summed E-state index contributed by atoms with van der Waals surface area (Å²) in [6.07, 6.45) is 2.34. The lowest BCUT2D eigenvalue weighted by atomic mass is 10.1. The van der Waals surface area contributed by atoms with E-state index in [2.05, 4.69) is 48.7 Å². The molecule has 17 heavy (non-hydrogen) atoms. The van der Waals surface area contributed by atoms with Gasteiger partial charge in [0.2, 0.25) is 0 Å². The Labute approximate surface area is 107 Å². The first-order valence-electron chi connectivity index (χ1n) is 6.44. The van der Waals surface area contributed by atoms with Gasteiger partial charge in [-0.3, -0.25) is 0 Å². The summed E-state index contributed by atoms with van der Waals surface area (Å²) >= 11 is 0. The highest BCUT2D eigenvalue weighted by Crippen LogP contribution is 2.11. The molecule has 0 radical (unpaired) electrons. The number of nitrogens with one attached hydrogen (secondary N) is 1. The first kappa shape index (κ1) is 14.4. The molecule has 0 heterocycles. The van der Waals surface area contributed by atoms with Crippen molar-refractivity contribution in [3.8, 4) is 0 Å². The summed E-state index contributed by atoms with van der Waals surface area (Å²) in [5.74, 6) is 0. The summed E-state index contributed by atoms with van der Waals surface area (Å²) in [4.78, 5) is 0. The lowest BCUT2D eigenvalue weighted by Gasteiger charge is -2.19. The van der Waals surface area contributed by atoms with Crippen LogP contribution in [0.15, 0.2) is 30.3 Å². The molecule has 0 aliphatic heterocycles. The van der Waals surface area contributed by atoms with Crippen LogP contribution in [0.1, 0.15) is 12.0 Å². The van der Waals surface area contributed by atoms with Crippen molar-refractivity contribution in [2.75, 3.05) is 20.2 Å². The quantitative estimate of drug-likeness (QED) is 0.566. The zero-order valence-electron chi connectivity index (χ0n) is 11.3. The highest BCUT2D eigenvalue weighted by molar-refractivity contribution is 6.71. The van der Waals surface area contributed by atoms with Gasteiger partial charge in [0.15, 0.2) is 8.32 Å². The number of hydrogen-bond donors (Lipinski definition) is 1. The zero-order chi connectivity index (χ0) is 12.6. The lowest BCUT2D eigenvalue weighted by molar-refractivity contribution is 0.401. The van der Waals surface area contributed by atoms with E-state index in [9.17, 15) is 0 Å². The normalized spacial score (nSPS) is 11.7. The van der Waals surface area contributed by atoms with Crippen LogP contribution in [-0.4, -0.2) is 28.5 Å². The maximum Gasteiger partial charge on any atom is 0.186 e. The molecule has 0 bridgehead atoms. The Hall–Kier alpha value is -0.643. The second kappa shape index (κ2) is 7.64. The molecule has 1 rings (SSSR count). The van der Waals surface area contributed by atoms with Gasteiger partial charge in [0.05, 0.1) is 0 Å². The molecule has 1 aromatic carbocycles. The first-order valence-corrected chi connectivity index (χ1v) is 9.55. The van der Waals surface area contributed by atoms with E-state index in [-0.39, 0.29) is 0 Å². The van der Waals surface area contributed by atoms with E-state index in [1.165, 1.54) is 18.0 Å². The van der Waals surface area contributed by atoms with Crippen molar-refractivity contribution in [2.45, 2.75) is 32.0 Å². The SMILES string of the molecule is CO[Si](C)(C)CCCNCCc1ccccc1. The molecule has 0 atom stereocenters. The Balaban J connectivity index is 2.02. The minimum Gasteiger partial charge on any atom is -0.420 e. The van der Waals surface area contributed by atoms with Crippen LogP contribution >= 0.6 is 0 Å². The number of hydrogen-bond acceptors (Lipinski definition) is 2. The maximum atomic E-state index is 5.52. The minimum atomic E-state index is -1.34. The molecular formula is C14H25NOSi. The summed E-state index contributed by atoms with van der Waals surface area (Å²) in [7, 11) is 0.501. The van der Waals surface area contributed by atoms with Gasteiger partial charge in [-0.25, -0.2) is 0 Å². The molecule has 1 aromatic rings. The fourth-order valence-corrected chi connectivity index (χ4v) is 2.98. The molecule has 3 heteroatoms. The number of benzene rings is 1. The van der Waals surface area contributed by atoms with Gasteiger partial charge in [0.25, 0.3) is 0 Å². The van der Waals surface area contributed by atoms with E-state index in [1.54, 1.807) is 0 Å². The van der Waals surface area contributed by atoms with E-state index in [1.807, 2.05) is 7.11 Å². The molecular weight excluding hydrogens is 226 g/mol. The molecule has 0 spiro atoms. The van der Waals surface area contributed by atoms with Crippen molar-refractivity contribution in [1.29, 1.82) is 0 Å². The highest BCUT2D eigenvalue weighted by atomic mass is 28.4. The summed E-state index contributed by atoms with van der Waals surface area (Å²) in [6, 6.07) is 11.9. The Morgan fingerprint density at radius 2 is 1.82 bits per heavy atom. The molecule has 0 saturated carbocycles. The van der Waals surface area contributed by atoms with Crippen LogP contribution in [-0.2, 0) is 10.8 Å². The van der Waals surface area contributed by atoms with Gasteiger partial charge in [-0.15, -0.1) is 0 Å². The predicted molar refractivity (Wildman–Crippen MR) is 76.9 cm³/mol. The topological polar surface area (TPSA) is 21.3 Å². The van der Waals surface area contributed by atoms with Crippen LogP contribution in [0.25, 0.3) is 0 Å². The highest BCUT2D eigenvalue weighted by Gasteiger charge is 2.18. The van der Waals surface area contributed by atoms with Gasteiger partial charge >= 0.3 is 0 Å². The van der Waals surface area contributed by atoms with E-state index >= 15 is 0 Å². The predicted octanol–water partition coefficient (Wildman–Crippen LogP) is 3.06. The molecule has 0 saturated heterocycles. The standard InChI is InChI=1S/C14H25NOSi/c1-16-17(2,3)13-7-11-15-12-10-14-8-5-4-6-9-14/h4-6,8-9,15H,7,10-13H2,1-3H3. The fourth-order valence-electron chi connectivity index (χ4n) is 1.74. The Morgan fingerprint density at radius 1 is 1.12 bits per heavy atom. The second-order valence-corrected chi connectivity index (χ2v) is 9.48. The number of rotatable bonds is 8. The Kier molecular flexibility index (Phi) is 6.48. The van der Waals surface area contributed by atoms with Gasteiger partial charge in [-0.2, -0.15) is 0 Å². The fraction of sp³-hybridized carbons (Fsp3) is 0.571. The van der Waals surface area contributed by atoms with Gasteiger partial charge < -0.3 is 9.74 Å². The summed E-state index contributed by atoms with van der Waals surface area (Å²) in [6.45, 7) is 6.72. The minimum absolute atomic E-state index is 1.07. The summed E-state index contributed by atoms with van der Waals surface area (Å²) < 4.78 is 5.52. The molecule has 0 aliphatic rings. The van der Waals surface area contributed by atoms with Crippen molar-refractivity contribution in [3.63, 3.8) is 0 Å². The molecule has 96 valence electrons. The smallest absolute Gasteiger partial charge is 0.186 e. The molecule has 0 fully saturated rings. The average molecular weight is 251 g/mol. The van der Waals surface area contributed by atoms with Crippen molar-refractivity contribution in [3.05, 3.63) is 35.9 Å². The first-order chi connectivity index (χ1) is 8.14. The van der Waals surface area contributed by atoms with E-state index in [4.69, 9.17) is 4.43 Å². The van der Waals surface area contributed by atoms with Crippen LogP contribution in [0.4, 0.5) is 0 Å². The van der Waals surface area contributed by atoms with E-state index in [0.29, 0.717) is 0 Å². The monoisotopic (exact) mass is 251 g/mol. The largest absolute Gasteiger partial charge is 0.420 e. The van der Waals surface area contributed by atoms with Crippen LogP contribution < -0.4 is 5.32 Å². The Bertz CT molecular complexity index is 300. The zero-order valence-corrected chi connectivity index (χ0v) is 12.3. The van der Waals surface area contributed by atoms with Gasteiger partial charge in [0.1, 0.15) is 0 Å². The average Bonchev–Trinajstić information content (AvgIpc) is 2.35. The van der Waals surface area contributed by atoms with Gasteiger partial charge in [-0.1, -0.05) is 30.3 Å². The Morgan fingerprint density at radius 3 is 2.47 bits per heavy atom. The maximum absolute atomic E-state index is 5.52. The summed E-state index contributed by atoms with van der Waals surface area (Å²) in [5, 5.41) is 3.50. The molecule has 1 N–H and O–H groups in total. The third-order valence-corrected chi connectivity index (χ3v) is 5.78. The lowest BCUT2D eigenvalue weighted by Crippen LogP contribution is -2.30. The molecule has 0 aliphatic carbocycles. The van der Waals surface area contributed by atoms with Crippen molar-refractivity contribution in [1.82, 2.24) is 5.32 Å². The second-order valence-electron chi connectivity index (χ2n) is 5.05. The van der Waals surface area contributed by atoms with Crippen molar-refractivity contribution in [2.24, 2.45) is 0 Å². The molecule has 2 nitrogen and oxygen atoms in total. The van der Waals surface area contributed by atoms with Crippen LogP contribution in [0.2, 0.25) is 19.1 Å². The van der Waals surface area contributed by atoms with Crippen molar-refractivity contribution >= 4 is 8.32 Å². The van der Waals surface area contributed by atoms with Gasteiger partial charge in [0, 0.05) is 7.11 Å². The molecule has 0 amide bonds. The third kappa shape index (κ3) is 6.61. The van der Waals surface area contributed by atoms with E-state index in [0.717, 1.165) is 19.5 Å². The third-order valence-electron chi connectivity index (χ3n) is 3.12. The molecule has 0 unspecified atom stereocenters. The summed E-state index contributed by atoms with van der Waals surface area (Å²) in [5.41, 5.74) is 1.41.